The number of phosphoric acid groups is 1. The van der Waals surface area contributed by atoms with Crippen molar-refractivity contribution in [2.45, 2.75) is 302 Å². The highest BCUT2D eigenvalue weighted by Crippen LogP contribution is 2.43. The Morgan fingerprint density at radius 1 is 0.465 bits per heavy atom. The molecule has 1 amide bonds. The van der Waals surface area contributed by atoms with E-state index >= 15 is 0 Å². The van der Waals surface area contributed by atoms with E-state index in [2.05, 4.69) is 55.6 Å². The average molecular weight is 1020 g/mol. The quantitative estimate of drug-likeness (QED) is 0.0243. The third kappa shape index (κ3) is 56.0. The zero-order valence-corrected chi connectivity index (χ0v) is 48.6. The summed E-state index contributed by atoms with van der Waals surface area (Å²) in [5.41, 5.74) is 0. The number of rotatable bonds is 56. The number of allylic oxidation sites excluding steroid dienone is 7. The van der Waals surface area contributed by atoms with Crippen molar-refractivity contribution >= 4 is 13.7 Å². The summed E-state index contributed by atoms with van der Waals surface area (Å²) >= 11 is 0. The summed E-state index contributed by atoms with van der Waals surface area (Å²) in [7, 11) is 1.55. The van der Waals surface area contributed by atoms with Gasteiger partial charge in [0.1, 0.15) is 13.2 Å². The number of nitrogens with one attached hydrogen (secondary N) is 1. The number of unbranched alkanes of at least 4 members (excludes halogenated alkanes) is 37. The van der Waals surface area contributed by atoms with Gasteiger partial charge >= 0.3 is 7.82 Å². The molecule has 3 atom stereocenters. The molecule has 0 aromatic carbocycles. The van der Waals surface area contributed by atoms with Gasteiger partial charge in [-0.1, -0.05) is 262 Å². The molecule has 0 aliphatic carbocycles. The first-order chi connectivity index (χ1) is 34.5. The van der Waals surface area contributed by atoms with E-state index in [0.29, 0.717) is 17.4 Å². The van der Waals surface area contributed by atoms with Gasteiger partial charge in [0.25, 0.3) is 0 Å². The van der Waals surface area contributed by atoms with Crippen LogP contribution >= 0.6 is 7.82 Å². The number of likely N-dealkylation sites (N-methyl/N-ethyl adjacent to an activating group) is 1. The maximum absolute atomic E-state index is 13.0. The second-order valence-electron chi connectivity index (χ2n) is 22.1. The zero-order chi connectivity index (χ0) is 52.0. The summed E-state index contributed by atoms with van der Waals surface area (Å²) in [6.07, 6.45) is 71.1. The predicted molar refractivity (Wildman–Crippen MR) is 309 cm³/mol. The van der Waals surface area contributed by atoms with Crippen LogP contribution in [0, 0.1) is 0 Å². The Balaban J connectivity index is 3.98. The van der Waals surface area contributed by atoms with Gasteiger partial charge in [0, 0.05) is 6.42 Å². The van der Waals surface area contributed by atoms with E-state index in [1.807, 2.05) is 27.2 Å². The number of hydrogen-bond acceptors (Lipinski definition) is 5. The molecule has 9 heteroatoms. The SMILES string of the molecule is CCCCCC/C=C/CC/C=C/CC/C=C/C(O)C(COP(=O)(O)OCC[N+](C)(C)C)NC(=O)CCCCCCCCCCCCCCCCCCCCCCCCC/C=C\CCCCCCCCCC. The number of amides is 1. The second-order valence-corrected chi connectivity index (χ2v) is 23.5. The Labute approximate surface area is 441 Å². The summed E-state index contributed by atoms with van der Waals surface area (Å²) in [5, 5.41) is 13.9. The fraction of sp³-hybridized carbons (Fsp3) is 0.855. The average Bonchev–Trinajstić information content (AvgIpc) is 3.33. The van der Waals surface area contributed by atoms with Crippen LogP contribution in [0.4, 0.5) is 0 Å². The van der Waals surface area contributed by atoms with Crippen LogP contribution in [0.5, 0.6) is 0 Å². The highest BCUT2D eigenvalue weighted by Gasteiger charge is 2.27. The Kier molecular flexibility index (Phi) is 52.1. The molecule has 0 aliphatic heterocycles. The van der Waals surface area contributed by atoms with E-state index in [1.54, 1.807) is 6.08 Å². The lowest BCUT2D eigenvalue weighted by molar-refractivity contribution is -0.870. The van der Waals surface area contributed by atoms with Gasteiger partial charge in [0.05, 0.1) is 39.9 Å². The maximum Gasteiger partial charge on any atom is 0.472 e. The number of carbonyl (C=O) groups is 1. The topological polar surface area (TPSA) is 105 Å². The minimum atomic E-state index is -4.36. The molecule has 3 N–H and O–H groups in total. The minimum absolute atomic E-state index is 0.0541. The van der Waals surface area contributed by atoms with Gasteiger partial charge in [0.15, 0.2) is 0 Å². The summed E-state index contributed by atoms with van der Waals surface area (Å²) in [4.78, 5) is 23.3. The predicted octanol–water partition coefficient (Wildman–Crippen LogP) is 18.7. The second kappa shape index (κ2) is 53.3. The molecular weight excluding hydrogens is 900 g/mol. The summed E-state index contributed by atoms with van der Waals surface area (Å²) in [6.45, 7) is 4.78. The van der Waals surface area contributed by atoms with Crippen molar-refractivity contribution in [3.05, 3.63) is 48.6 Å². The Hall–Kier alpha value is -1.54. The van der Waals surface area contributed by atoms with Crippen LogP contribution in [0.15, 0.2) is 48.6 Å². The fourth-order valence-electron chi connectivity index (χ4n) is 8.95. The third-order valence-corrected chi connectivity index (χ3v) is 14.7. The molecule has 0 saturated carbocycles. The van der Waals surface area contributed by atoms with Crippen molar-refractivity contribution in [3.63, 3.8) is 0 Å². The number of quaternary nitrogens is 1. The molecule has 0 aromatic heterocycles. The van der Waals surface area contributed by atoms with Crippen molar-refractivity contribution < 1.29 is 32.9 Å². The number of phosphoric ester groups is 1. The monoisotopic (exact) mass is 1020 g/mol. The minimum Gasteiger partial charge on any atom is -0.387 e. The van der Waals surface area contributed by atoms with E-state index in [-0.39, 0.29) is 19.1 Å². The first-order valence-electron chi connectivity index (χ1n) is 30.5. The molecule has 418 valence electrons. The summed E-state index contributed by atoms with van der Waals surface area (Å²) in [5.74, 6) is -0.188. The molecule has 0 aromatic rings. The molecule has 0 rings (SSSR count). The van der Waals surface area contributed by atoms with Gasteiger partial charge < -0.3 is 19.8 Å². The molecule has 71 heavy (non-hydrogen) atoms. The third-order valence-electron chi connectivity index (χ3n) is 13.7. The van der Waals surface area contributed by atoms with Crippen molar-refractivity contribution in [2.24, 2.45) is 0 Å². The van der Waals surface area contributed by atoms with Crippen LogP contribution in [-0.4, -0.2) is 73.4 Å². The number of hydrogen-bond donors (Lipinski definition) is 3. The molecule has 3 unspecified atom stereocenters. The van der Waals surface area contributed by atoms with Crippen LogP contribution in [0.1, 0.15) is 290 Å². The smallest absolute Gasteiger partial charge is 0.387 e. The summed E-state index contributed by atoms with van der Waals surface area (Å²) < 4.78 is 23.6. The molecule has 0 bridgehead atoms. The fourth-order valence-corrected chi connectivity index (χ4v) is 9.69. The van der Waals surface area contributed by atoms with E-state index in [4.69, 9.17) is 9.05 Å². The standard InChI is InChI=1S/C62H119N2O6P/c1-6-8-10-12-14-16-18-20-22-23-24-25-26-27-28-29-30-31-32-33-34-35-36-37-38-39-40-41-42-44-46-48-50-52-54-56-62(66)63-60(59-70-71(67,68)69-58-57-64(3,4)5)61(65)55-53-51-49-47-45-43-21-19-17-15-13-11-9-7-2/h17,19,23-24,45,47,53,55,60-61,65H,6-16,18,20-22,25-44,46,48-52,54,56-59H2,1-5H3,(H-,63,66,67,68)/p+1/b19-17+,24-23-,47-45+,55-53+. The van der Waals surface area contributed by atoms with Crippen molar-refractivity contribution in [3.8, 4) is 0 Å². The van der Waals surface area contributed by atoms with Gasteiger partial charge in [-0.3, -0.25) is 13.8 Å². The first-order valence-corrected chi connectivity index (χ1v) is 32.0. The van der Waals surface area contributed by atoms with Gasteiger partial charge in [0.2, 0.25) is 5.91 Å². The molecule has 0 heterocycles. The van der Waals surface area contributed by atoms with E-state index in [9.17, 15) is 19.4 Å². The first kappa shape index (κ1) is 69.5. The molecular formula is C62H120N2O6P+. The molecule has 0 radical (unpaired) electrons. The van der Waals surface area contributed by atoms with E-state index < -0.39 is 20.0 Å². The number of carbonyl (C=O) groups excluding carboxylic acids is 1. The van der Waals surface area contributed by atoms with Crippen LogP contribution in [0.3, 0.4) is 0 Å². The van der Waals surface area contributed by atoms with Gasteiger partial charge in [-0.15, -0.1) is 0 Å². The lowest BCUT2D eigenvalue weighted by atomic mass is 10.0. The van der Waals surface area contributed by atoms with E-state index in [0.717, 1.165) is 44.9 Å². The molecule has 0 saturated heterocycles. The van der Waals surface area contributed by atoms with Crippen molar-refractivity contribution in [1.82, 2.24) is 5.32 Å². The summed E-state index contributed by atoms with van der Waals surface area (Å²) in [6, 6.07) is -0.868. The number of nitrogens with zero attached hydrogens (tertiary/aromatic N) is 1. The van der Waals surface area contributed by atoms with Crippen molar-refractivity contribution in [1.29, 1.82) is 0 Å². The maximum atomic E-state index is 13.0. The molecule has 0 spiro atoms. The van der Waals surface area contributed by atoms with Crippen molar-refractivity contribution in [2.75, 3.05) is 40.9 Å². The Morgan fingerprint density at radius 2 is 0.775 bits per heavy atom. The van der Waals surface area contributed by atoms with Crippen LogP contribution in [0.2, 0.25) is 0 Å². The Bertz CT molecular complexity index is 1290. The highest BCUT2D eigenvalue weighted by atomic mass is 31.2. The largest absolute Gasteiger partial charge is 0.472 e. The lowest BCUT2D eigenvalue weighted by Gasteiger charge is -2.25. The molecule has 0 fully saturated rings. The zero-order valence-electron chi connectivity index (χ0n) is 47.7. The van der Waals surface area contributed by atoms with Crippen LogP contribution in [-0.2, 0) is 18.4 Å². The number of aliphatic hydroxyl groups is 1. The van der Waals surface area contributed by atoms with Gasteiger partial charge in [-0.2, -0.15) is 0 Å². The Morgan fingerprint density at radius 3 is 1.14 bits per heavy atom. The highest BCUT2D eigenvalue weighted by molar-refractivity contribution is 7.47. The van der Waals surface area contributed by atoms with Gasteiger partial charge in [-0.25, -0.2) is 4.57 Å². The number of aliphatic hydroxyl groups excluding tert-OH is 1. The lowest BCUT2D eigenvalue weighted by Crippen LogP contribution is -2.45. The normalized spacial score (nSPS) is 14.2. The van der Waals surface area contributed by atoms with Crippen LogP contribution < -0.4 is 5.32 Å². The van der Waals surface area contributed by atoms with Gasteiger partial charge in [-0.05, 0) is 70.6 Å². The van der Waals surface area contributed by atoms with E-state index in [1.165, 1.54) is 225 Å². The molecule has 0 aliphatic rings. The van der Waals surface area contributed by atoms with Crippen LogP contribution in [0.25, 0.3) is 0 Å². The molecule has 8 nitrogen and oxygen atoms in total.